The number of nitrogens with one attached hydrogen (secondary N) is 1. The number of hydrogen-bond donors (Lipinski definition) is 1. The molecule has 0 heterocycles. The molecule has 0 radical (unpaired) electrons. The van der Waals surface area contributed by atoms with E-state index in [4.69, 9.17) is 5.41 Å². The van der Waals surface area contributed by atoms with Crippen LogP contribution in [0.1, 0.15) is 5.56 Å². The molecule has 2 aromatic rings. The largest absolute Gasteiger partial charge is 0.313 e. The minimum Gasteiger partial charge on any atom is -0.313 e. The molecule has 0 aliphatic heterocycles. The lowest BCUT2D eigenvalue weighted by Gasteiger charge is -2.02. The topological polar surface area (TPSA) is 23.9 Å². The molecule has 13 heavy (non-hydrogen) atoms. The van der Waals surface area contributed by atoms with E-state index in [1.165, 1.54) is 22.6 Å². The van der Waals surface area contributed by atoms with E-state index in [1.807, 2.05) is 18.2 Å². The standard InChI is InChI=1S/C12H11N/c13-9-8-11-6-3-5-10-4-1-2-7-12(10)11/h1-7,9,13H,8H2. The van der Waals surface area contributed by atoms with Gasteiger partial charge >= 0.3 is 0 Å². The van der Waals surface area contributed by atoms with Gasteiger partial charge in [0.05, 0.1) is 0 Å². The first-order valence-electron chi connectivity index (χ1n) is 4.37. The van der Waals surface area contributed by atoms with Crippen molar-refractivity contribution in [2.75, 3.05) is 0 Å². The second-order valence-corrected chi connectivity index (χ2v) is 3.05. The first-order chi connectivity index (χ1) is 6.42. The van der Waals surface area contributed by atoms with Crippen LogP contribution in [0.2, 0.25) is 0 Å². The van der Waals surface area contributed by atoms with Crippen LogP contribution in [0.5, 0.6) is 0 Å². The van der Waals surface area contributed by atoms with E-state index >= 15 is 0 Å². The summed E-state index contributed by atoms with van der Waals surface area (Å²) in [5.41, 5.74) is 1.23. The highest BCUT2D eigenvalue weighted by Gasteiger charge is 1.96. The van der Waals surface area contributed by atoms with Crippen molar-refractivity contribution in [2.24, 2.45) is 0 Å². The maximum Gasteiger partial charge on any atom is 0.00776 e. The van der Waals surface area contributed by atoms with E-state index in [9.17, 15) is 0 Å². The fourth-order valence-corrected chi connectivity index (χ4v) is 1.58. The minimum absolute atomic E-state index is 0.724. The lowest BCUT2D eigenvalue weighted by Crippen LogP contribution is -1.86. The highest BCUT2D eigenvalue weighted by atomic mass is 14.3. The number of fused-ring (bicyclic) bond motifs is 1. The molecule has 0 saturated carbocycles. The summed E-state index contributed by atoms with van der Waals surface area (Å²) in [6, 6.07) is 14.5. The Morgan fingerprint density at radius 3 is 2.62 bits per heavy atom. The molecule has 2 rings (SSSR count). The van der Waals surface area contributed by atoms with Gasteiger partial charge in [0, 0.05) is 6.42 Å². The summed E-state index contributed by atoms with van der Waals surface area (Å²) >= 11 is 0. The van der Waals surface area contributed by atoms with Crippen molar-refractivity contribution >= 4 is 17.0 Å². The molecule has 64 valence electrons. The molecule has 1 heteroatoms. The average molecular weight is 169 g/mol. The van der Waals surface area contributed by atoms with Crippen LogP contribution in [0.15, 0.2) is 42.5 Å². The molecule has 0 aliphatic carbocycles. The average Bonchev–Trinajstić information content (AvgIpc) is 2.19. The molecule has 0 spiro atoms. The monoisotopic (exact) mass is 169 g/mol. The van der Waals surface area contributed by atoms with Crippen LogP contribution >= 0.6 is 0 Å². The van der Waals surface area contributed by atoms with Crippen molar-refractivity contribution in [3.63, 3.8) is 0 Å². The van der Waals surface area contributed by atoms with Crippen molar-refractivity contribution in [3.8, 4) is 0 Å². The maximum absolute atomic E-state index is 7.09. The zero-order chi connectivity index (χ0) is 9.10. The van der Waals surface area contributed by atoms with Gasteiger partial charge in [0.15, 0.2) is 0 Å². The maximum atomic E-state index is 7.09. The summed E-state index contributed by atoms with van der Waals surface area (Å²) in [6.07, 6.45) is 2.17. The van der Waals surface area contributed by atoms with Gasteiger partial charge in [-0.2, -0.15) is 0 Å². The van der Waals surface area contributed by atoms with Gasteiger partial charge in [0.2, 0.25) is 0 Å². The third kappa shape index (κ3) is 1.45. The zero-order valence-corrected chi connectivity index (χ0v) is 7.33. The van der Waals surface area contributed by atoms with Gasteiger partial charge in [0.25, 0.3) is 0 Å². The molecule has 0 unspecified atom stereocenters. The third-order valence-electron chi connectivity index (χ3n) is 2.20. The van der Waals surface area contributed by atoms with Crippen molar-refractivity contribution in [1.82, 2.24) is 0 Å². The van der Waals surface area contributed by atoms with E-state index in [1.54, 1.807) is 0 Å². The molecule has 2 aromatic carbocycles. The summed E-state index contributed by atoms with van der Waals surface area (Å²) in [4.78, 5) is 0. The van der Waals surface area contributed by atoms with Gasteiger partial charge in [-0.25, -0.2) is 0 Å². The molecule has 0 atom stereocenters. The molecule has 0 fully saturated rings. The summed E-state index contributed by atoms with van der Waals surface area (Å²) in [5.74, 6) is 0. The summed E-state index contributed by atoms with van der Waals surface area (Å²) in [5, 5.41) is 9.60. The van der Waals surface area contributed by atoms with E-state index in [2.05, 4.69) is 24.3 Å². The van der Waals surface area contributed by atoms with Crippen LogP contribution in [-0.4, -0.2) is 6.21 Å². The Morgan fingerprint density at radius 1 is 1.00 bits per heavy atom. The Hall–Kier alpha value is -1.63. The van der Waals surface area contributed by atoms with Crippen molar-refractivity contribution in [2.45, 2.75) is 6.42 Å². The van der Waals surface area contributed by atoms with E-state index < -0.39 is 0 Å². The van der Waals surface area contributed by atoms with Crippen molar-refractivity contribution in [1.29, 1.82) is 5.41 Å². The predicted octanol–water partition coefficient (Wildman–Crippen LogP) is 3.03. The Morgan fingerprint density at radius 2 is 1.77 bits per heavy atom. The van der Waals surface area contributed by atoms with Crippen LogP contribution < -0.4 is 0 Å². The lowest BCUT2D eigenvalue weighted by atomic mass is 10.0. The van der Waals surface area contributed by atoms with Crippen molar-refractivity contribution < 1.29 is 0 Å². The van der Waals surface area contributed by atoms with Crippen LogP contribution in [0.4, 0.5) is 0 Å². The van der Waals surface area contributed by atoms with E-state index in [0.29, 0.717) is 0 Å². The Balaban J connectivity index is 2.68. The van der Waals surface area contributed by atoms with Gasteiger partial charge in [-0.05, 0) is 22.6 Å². The predicted molar refractivity (Wildman–Crippen MR) is 56.4 cm³/mol. The lowest BCUT2D eigenvalue weighted by molar-refractivity contribution is 1.36. The molecular weight excluding hydrogens is 158 g/mol. The quantitative estimate of drug-likeness (QED) is 0.668. The first kappa shape index (κ1) is 7.99. The second kappa shape index (κ2) is 3.40. The second-order valence-electron chi connectivity index (χ2n) is 3.05. The van der Waals surface area contributed by atoms with Gasteiger partial charge in [0.1, 0.15) is 0 Å². The highest BCUT2D eigenvalue weighted by molar-refractivity contribution is 5.87. The fourth-order valence-electron chi connectivity index (χ4n) is 1.58. The van der Waals surface area contributed by atoms with Gasteiger partial charge in [-0.15, -0.1) is 0 Å². The summed E-state index contributed by atoms with van der Waals surface area (Å²) < 4.78 is 0. The minimum atomic E-state index is 0.724. The van der Waals surface area contributed by atoms with Crippen LogP contribution in [-0.2, 0) is 6.42 Å². The molecule has 1 nitrogen and oxygen atoms in total. The Kier molecular flexibility index (Phi) is 2.09. The smallest absolute Gasteiger partial charge is 0.00776 e. The van der Waals surface area contributed by atoms with Crippen LogP contribution in [0.25, 0.3) is 10.8 Å². The number of benzene rings is 2. The molecule has 1 N–H and O–H groups in total. The van der Waals surface area contributed by atoms with Gasteiger partial charge < -0.3 is 5.41 Å². The molecule has 0 aromatic heterocycles. The molecule has 0 bridgehead atoms. The Labute approximate surface area is 77.5 Å². The van der Waals surface area contributed by atoms with Gasteiger partial charge in [-0.3, -0.25) is 0 Å². The SMILES string of the molecule is N=CCc1cccc2ccccc12. The number of hydrogen-bond acceptors (Lipinski definition) is 1. The fraction of sp³-hybridized carbons (Fsp3) is 0.0833. The molecular formula is C12H11N. The summed E-state index contributed by atoms with van der Waals surface area (Å²) in [7, 11) is 0. The highest BCUT2D eigenvalue weighted by Crippen LogP contribution is 2.17. The normalized spacial score (nSPS) is 10.2. The van der Waals surface area contributed by atoms with Gasteiger partial charge in [-0.1, -0.05) is 42.5 Å². The van der Waals surface area contributed by atoms with E-state index in [-0.39, 0.29) is 0 Å². The zero-order valence-electron chi connectivity index (χ0n) is 7.33. The van der Waals surface area contributed by atoms with Crippen LogP contribution in [0.3, 0.4) is 0 Å². The van der Waals surface area contributed by atoms with Crippen LogP contribution in [0, 0.1) is 5.41 Å². The number of rotatable bonds is 2. The first-order valence-corrected chi connectivity index (χ1v) is 4.37. The van der Waals surface area contributed by atoms with Crippen molar-refractivity contribution in [3.05, 3.63) is 48.0 Å². The molecule has 0 aliphatic rings. The Bertz CT molecular complexity index is 427. The molecule has 0 saturated heterocycles. The molecule has 0 amide bonds. The summed E-state index contributed by atoms with van der Waals surface area (Å²) in [6.45, 7) is 0. The third-order valence-corrected chi connectivity index (χ3v) is 2.20. The van der Waals surface area contributed by atoms with E-state index in [0.717, 1.165) is 6.42 Å².